The van der Waals surface area contributed by atoms with Gasteiger partial charge in [0.2, 0.25) is 5.91 Å². The fourth-order valence-corrected chi connectivity index (χ4v) is 3.13. The van der Waals surface area contributed by atoms with Crippen molar-refractivity contribution in [3.63, 3.8) is 0 Å². The van der Waals surface area contributed by atoms with E-state index < -0.39 is 0 Å². The maximum atomic E-state index is 11.4. The van der Waals surface area contributed by atoms with Crippen LogP contribution in [-0.4, -0.2) is 60.0 Å². The Morgan fingerprint density at radius 2 is 1.55 bits per heavy atom. The van der Waals surface area contributed by atoms with E-state index in [9.17, 15) is 4.79 Å². The molecule has 1 aromatic carbocycles. The summed E-state index contributed by atoms with van der Waals surface area (Å²) in [4.78, 5) is 18.6. The molecule has 1 aromatic rings. The first-order chi connectivity index (χ1) is 10.6. The predicted octanol–water partition coefficient (Wildman–Crippen LogP) is 2.37. The molecule has 0 atom stereocenters. The van der Waals surface area contributed by atoms with Crippen LogP contribution in [0.15, 0.2) is 24.3 Å². The number of hydrogen-bond donors (Lipinski definition) is 0. The molecule has 1 heterocycles. The SMILES string of the molecule is CCN(CC)c1ccc(C(=S)N2CCN(C(C)=O)CC2)cc1. The van der Waals surface area contributed by atoms with Gasteiger partial charge in [-0.05, 0) is 38.1 Å². The lowest BCUT2D eigenvalue weighted by Gasteiger charge is -2.35. The maximum Gasteiger partial charge on any atom is 0.219 e. The zero-order valence-electron chi connectivity index (χ0n) is 13.7. The van der Waals surface area contributed by atoms with E-state index in [1.54, 1.807) is 6.92 Å². The van der Waals surface area contributed by atoms with Crippen LogP contribution in [0.5, 0.6) is 0 Å². The first kappa shape index (κ1) is 16.7. The summed E-state index contributed by atoms with van der Waals surface area (Å²) in [5.74, 6) is 0.147. The van der Waals surface area contributed by atoms with Gasteiger partial charge in [0.1, 0.15) is 4.99 Å². The highest BCUT2D eigenvalue weighted by atomic mass is 32.1. The Hall–Kier alpha value is -1.62. The van der Waals surface area contributed by atoms with Crippen molar-refractivity contribution in [1.82, 2.24) is 9.80 Å². The normalized spacial score (nSPS) is 14.9. The number of carbonyl (C=O) groups is 1. The highest BCUT2D eigenvalue weighted by molar-refractivity contribution is 7.80. The number of carbonyl (C=O) groups excluding carboxylic acids is 1. The van der Waals surface area contributed by atoms with Crippen LogP contribution in [0.3, 0.4) is 0 Å². The smallest absolute Gasteiger partial charge is 0.219 e. The van der Waals surface area contributed by atoms with Crippen LogP contribution in [-0.2, 0) is 4.79 Å². The quantitative estimate of drug-likeness (QED) is 0.796. The summed E-state index contributed by atoms with van der Waals surface area (Å²) >= 11 is 5.62. The molecular weight excluding hydrogens is 294 g/mol. The van der Waals surface area contributed by atoms with Gasteiger partial charge >= 0.3 is 0 Å². The van der Waals surface area contributed by atoms with E-state index in [1.807, 2.05) is 4.90 Å². The number of hydrogen-bond acceptors (Lipinski definition) is 3. The average molecular weight is 319 g/mol. The number of piperazine rings is 1. The molecule has 120 valence electrons. The molecule has 0 radical (unpaired) electrons. The van der Waals surface area contributed by atoms with Gasteiger partial charge in [-0.25, -0.2) is 0 Å². The van der Waals surface area contributed by atoms with Crippen molar-refractivity contribution in [3.05, 3.63) is 29.8 Å². The summed E-state index contributed by atoms with van der Waals surface area (Å²) in [6.07, 6.45) is 0. The van der Waals surface area contributed by atoms with Crippen LogP contribution in [0, 0.1) is 0 Å². The third-order valence-electron chi connectivity index (χ3n) is 4.26. The fourth-order valence-electron chi connectivity index (χ4n) is 2.81. The summed E-state index contributed by atoms with van der Waals surface area (Å²) in [5, 5.41) is 0. The summed E-state index contributed by atoms with van der Waals surface area (Å²) < 4.78 is 0. The molecule has 1 saturated heterocycles. The number of anilines is 1. The molecule has 0 saturated carbocycles. The molecule has 0 aromatic heterocycles. The Kier molecular flexibility index (Phi) is 5.77. The lowest BCUT2D eigenvalue weighted by atomic mass is 10.1. The predicted molar refractivity (Wildman–Crippen MR) is 95.5 cm³/mol. The maximum absolute atomic E-state index is 11.4. The molecule has 5 heteroatoms. The first-order valence-electron chi connectivity index (χ1n) is 7.96. The topological polar surface area (TPSA) is 26.8 Å². The van der Waals surface area contributed by atoms with Crippen LogP contribution in [0.25, 0.3) is 0 Å². The van der Waals surface area contributed by atoms with Crippen molar-refractivity contribution in [2.45, 2.75) is 20.8 Å². The van der Waals surface area contributed by atoms with E-state index in [0.717, 1.165) is 49.8 Å². The number of rotatable bonds is 4. The van der Waals surface area contributed by atoms with Crippen LogP contribution in [0.1, 0.15) is 26.3 Å². The van der Waals surface area contributed by atoms with Gasteiger partial charge in [0.15, 0.2) is 0 Å². The second kappa shape index (κ2) is 7.58. The zero-order chi connectivity index (χ0) is 16.1. The lowest BCUT2D eigenvalue weighted by Crippen LogP contribution is -2.49. The molecule has 4 nitrogen and oxygen atoms in total. The molecule has 22 heavy (non-hydrogen) atoms. The minimum absolute atomic E-state index is 0.147. The minimum Gasteiger partial charge on any atom is -0.372 e. The second-order valence-electron chi connectivity index (χ2n) is 5.52. The molecule has 0 aliphatic carbocycles. The third-order valence-corrected chi connectivity index (χ3v) is 4.75. The van der Waals surface area contributed by atoms with Crippen molar-refractivity contribution < 1.29 is 4.79 Å². The zero-order valence-corrected chi connectivity index (χ0v) is 14.5. The third kappa shape index (κ3) is 3.77. The van der Waals surface area contributed by atoms with Crippen molar-refractivity contribution in [3.8, 4) is 0 Å². The molecule has 1 fully saturated rings. The van der Waals surface area contributed by atoms with Gasteiger partial charge in [0.25, 0.3) is 0 Å². The number of thiocarbonyl (C=S) groups is 1. The van der Waals surface area contributed by atoms with Gasteiger partial charge < -0.3 is 14.7 Å². The van der Waals surface area contributed by atoms with E-state index in [2.05, 4.69) is 47.9 Å². The highest BCUT2D eigenvalue weighted by Gasteiger charge is 2.21. The average Bonchev–Trinajstić information content (AvgIpc) is 2.56. The summed E-state index contributed by atoms with van der Waals surface area (Å²) in [5.41, 5.74) is 2.32. The first-order valence-corrected chi connectivity index (χ1v) is 8.37. The van der Waals surface area contributed by atoms with Crippen molar-refractivity contribution >= 4 is 28.8 Å². The van der Waals surface area contributed by atoms with Gasteiger partial charge in [-0.3, -0.25) is 4.79 Å². The number of nitrogens with zero attached hydrogens (tertiary/aromatic N) is 3. The Bertz CT molecular complexity index is 517. The van der Waals surface area contributed by atoms with Crippen LogP contribution >= 0.6 is 12.2 Å². The largest absolute Gasteiger partial charge is 0.372 e. The molecular formula is C17H25N3OS. The van der Waals surface area contributed by atoms with Gasteiger partial charge in [-0.1, -0.05) is 12.2 Å². The Labute approximate surface area is 138 Å². The number of benzene rings is 1. The molecule has 2 rings (SSSR count). The van der Waals surface area contributed by atoms with E-state index in [-0.39, 0.29) is 5.91 Å². The minimum atomic E-state index is 0.147. The lowest BCUT2D eigenvalue weighted by molar-refractivity contribution is -0.130. The molecule has 0 bridgehead atoms. The van der Waals surface area contributed by atoms with Gasteiger partial charge in [0, 0.05) is 57.4 Å². The van der Waals surface area contributed by atoms with Crippen LogP contribution < -0.4 is 4.90 Å². The fraction of sp³-hybridized carbons (Fsp3) is 0.529. The molecule has 0 N–H and O–H groups in total. The monoisotopic (exact) mass is 319 g/mol. The molecule has 0 spiro atoms. The molecule has 1 amide bonds. The van der Waals surface area contributed by atoms with E-state index in [1.165, 1.54) is 5.69 Å². The van der Waals surface area contributed by atoms with E-state index in [0.29, 0.717) is 0 Å². The Morgan fingerprint density at radius 1 is 1.05 bits per heavy atom. The van der Waals surface area contributed by atoms with Crippen molar-refractivity contribution in [2.75, 3.05) is 44.2 Å². The van der Waals surface area contributed by atoms with Gasteiger partial charge in [-0.15, -0.1) is 0 Å². The van der Waals surface area contributed by atoms with Gasteiger partial charge in [0.05, 0.1) is 0 Å². The van der Waals surface area contributed by atoms with Crippen LogP contribution in [0.4, 0.5) is 5.69 Å². The molecule has 1 aliphatic heterocycles. The van der Waals surface area contributed by atoms with Crippen molar-refractivity contribution in [2.24, 2.45) is 0 Å². The summed E-state index contributed by atoms with van der Waals surface area (Å²) in [6.45, 7) is 11.1. The van der Waals surface area contributed by atoms with Gasteiger partial charge in [-0.2, -0.15) is 0 Å². The summed E-state index contributed by atoms with van der Waals surface area (Å²) in [7, 11) is 0. The Balaban J connectivity index is 2.00. The molecule has 1 aliphatic rings. The highest BCUT2D eigenvalue weighted by Crippen LogP contribution is 2.17. The van der Waals surface area contributed by atoms with Crippen molar-refractivity contribution in [1.29, 1.82) is 0 Å². The standard InChI is InChI=1S/C17H25N3OS/c1-4-18(5-2)16-8-6-15(7-9-16)17(22)20-12-10-19(11-13-20)14(3)21/h6-9H,4-5,10-13H2,1-3H3. The van der Waals surface area contributed by atoms with E-state index in [4.69, 9.17) is 12.2 Å². The number of amides is 1. The second-order valence-corrected chi connectivity index (χ2v) is 5.90. The summed E-state index contributed by atoms with van der Waals surface area (Å²) in [6, 6.07) is 8.49. The molecule has 0 unspecified atom stereocenters. The van der Waals surface area contributed by atoms with Crippen LogP contribution in [0.2, 0.25) is 0 Å². The Morgan fingerprint density at radius 3 is 2.00 bits per heavy atom. The van der Waals surface area contributed by atoms with E-state index >= 15 is 0 Å².